The molecule has 0 radical (unpaired) electrons. The summed E-state index contributed by atoms with van der Waals surface area (Å²) < 4.78 is 5.56. The van der Waals surface area contributed by atoms with Crippen molar-refractivity contribution >= 4 is 22.6 Å². The number of amides is 2. The fraction of sp³-hybridized carbons (Fsp3) is 0.286. The van der Waals surface area contributed by atoms with Crippen LogP contribution in [0.1, 0.15) is 18.2 Å². The number of nitrogens with zero attached hydrogens (tertiary/aromatic N) is 2. The number of aromatic nitrogens is 1. The summed E-state index contributed by atoms with van der Waals surface area (Å²) in [5, 5.41) is 18.4. The van der Waals surface area contributed by atoms with Gasteiger partial charge < -0.3 is 19.8 Å². The second-order valence-corrected chi connectivity index (χ2v) is 6.91. The Bertz CT molecular complexity index is 1040. The summed E-state index contributed by atoms with van der Waals surface area (Å²) in [5.41, 5.74) is 2.55. The predicted molar refractivity (Wildman–Crippen MR) is 103 cm³/mol. The first kappa shape index (κ1) is 18.2. The zero-order valence-electron chi connectivity index (χ0n) is 15.5. The number of benzene rings is 2. The zero-order chi connectivity index (χ0) is 19.7. The average molecular weight is 379 g/mol. The Morgan fingerprint density at radius 2 is 2.04 bits per heavy atom. The Hall–Kier alpha value is -3.19. The molecule has 0 bridgehead atoms. The van der Waals surface area contributed by atoms with Gasteiger partial charge in [0.2, 0.25) is 11.8 Å². The van der Waals surface area contributed by atoms with Crippen LogP contribution in [0.15, 0.2) is 47.0 Å². The van der Waals surface area contributed by atoms with Gasteiger partial charge in [-0.2, -0.15) is 0 Å². The van der Waals surface area contributed by atoms with Crippen molar-refractivity contribution in [3.63, 3.8) is 0 Å². The van der Waals surface area contributed by atoms with Crippen molar-refractivity contribution in [3.8, 4) is 11.3 Å². The van der Waals surface area contributed by atoms with E-state index in [1.165, 1.54) is 6.92 Å². The Balaban J connectivity index is 1.67. The Labute approximate surface area is 161 Å². The van der Waals surface area contributed by atoms with Gasteiger partial charge in [0.1, 0.15) is 17.5 Å². The lowest BCUT2D eigenvalue weighted by atomic mass is 9.96. The standard InChI is InChI=1S/C21H21N3O4/c1-13(26)22-18(12-25)21(27)24-10-9-19-17(11-24)20(23-28-19)16-8-4-6-14-5-2-3-7-15(14)16/h2-8,18,25H,9-12H2,1H3,(H,22,26)/t18-/m0/s1. The van der Waals surface area contributed by atoms with Crippen LogP contribution < -0.4 is 5.32 Å². The van der Waals surface area contributed by atoms with Crippen LogP contribution in [-0.4, -0.2) is 46.2 Å². The van der Waals surface area contributed by atoms with E-state index in [1.54, 1.807) is 4.90 Å². The van der Waals surface area contributed by atoms with Crippen molar-refractivity contribution < 1.29 is 19.2 Å². The minimum absolute atomic E-state index is 0.312. The molecule has 0 spiro atoms. The third kappa shape index (κ3) is 3.25. The first-order valence-corrected chi connectivity index (χ1v) is 9.20. The molecule has 4 rings (SSSR count). The van der Waals surface area contributed by atoms with Gasteiger partial charge in [0.15, 0.2) is 0 Å². The van der Waals surface area contributed by atoms with Gasteiger partial charge in [0.25, 0.3) is 0 Å². The Kier molecular flexibility index (Phi) is 4.83. The molecule has 0 unspecified atom stereocenters. The van der Waals surface area contributed by atoms with Gasteiger partial charge in [-0.05, 0) is 10.8 Å². The number of carbonyl (C=O) groups is 2. The molecular formula is C21H21N3O4. The summed E-state index contributed by atoms with van der Waals surface area (Å²) in [5.74, 6) is 0.104. The van der Waals surface area contributed by atoms with Gasteiger partial charge in [-0.25, -0.2) is 0 Å². The van der Waals surface area contributed by atoms with E-state index in [-0.39, 0.29) is 11.8 Å². The maximum absolute atomic E-state index is 12.8. The third-order valence-electron chi connectivity index (χ3n) is 5.04. The Morgan fingerprint density at radius 1 is 1.25 bits per heavy atom. The fourth-order valence-electron chi connectivity index (χ4n) is 3.69. The zero-order valence-corrected chi connectivity index (χ0v) is 15.5. The summed E-state index contributed by atoms with van der Waals surface area (Å²) in [6.45, 7) is 1.66. The van der Waals surface area contributed by atoms with Crippen molar-refractivity contribution in [2.45, 2.75) is 25.9 Å². The van der Waals surface area contributed by atoms with Gasteiger partial charge >= 0.3 is 0 Å². The second-order valence-electron chi connectivity index (χ2n) is 6.91. The quantitative estimate of drug-likeness (QED) is 0.722. The number of aliphatic hydroxyl groups is 1. The molecule has 1 aliphatic rings. The molecular weight excluding hydrogens is 358 g/mol. The van der Waals surface area contributed by atoms with E-state index in [0.29, 0.717) is 19.5 Å². The van der Waals surface area contributed by atoms with Crippen LogP contribution >= 0.6 is 0 Å². The van der Waals surface area contributed by atoms with E-state index < -0.39 is 12.6 Å². The molecule has 0 fully saturated rings. The largest absolute Gasteiger partial charge is 0.394 e. The molecule has 1 atom stereocenters. The molecule has 1 aromatic heterocycles. The van der Waals surface area contributed by atoms with E-state index in [2.05, 4.69) is 10.5 Å². The van der Waals surface area contributed by atoms with Crippen molar-refractivity contribution in [2.75, 3.05) is 13.2 Å². The van der Waals surface area contributed by atoms with E-state index in [1.807, 2.05) is 42.5 Å². The van der Waals surface area contributed by atoms with Gasteiger partial charge in [-0.1, -0.05) is 47.6 Å². The normalized spacial score (nSPS) is 14.6. The summed E-state index contributed by atoms with van der Waals surface area (Å²) in [6.07, 6.45) is 0.539. The third-order valence-corrected chi connectivity index (χ3v) is 5.04. The summed E-state index contributed by atoms with van der Waals surface area (Å²) >= 11 is 0. The first-order chi connectivity index (χ1) is 13.6. The molecule has 2 amide bonds. The van der Waals surface area contributed by atoms with Gasteiger partial charge in [-0.3, -0.25) is 9.59 Å². The topological polar surface area (TPSA) is 95.7 Å². The molecule has 144 valence electrons. The van der Waals surface area contributed by atoms with Crippen molar-refractivity contribution in [3.05, 3.63) is 53.8 Å². The minimum atomic E-state index is -0.945. The number of fused-ring (bicyclic) bond motifs is 2. The molecule has 0 aliphatic carbocycles. The van der Waals surface area contributed by atoms with Crippen LogP contribution in [0.25, 0.3) is 22.0 Å². The van der Waals surface area contributed by atoms with E-state index in [4.69, 9.17) is 4.52 Å². The number of carbonyl (C=O) groups excluding carboxylic acids is 2. The SMILES string of the molecule is CC(=O)N[C@@H](CO)C(=O)N1CCc2onc(-c3cccc4ccccc34)c2C1. The number of hydrogen-bond donors (Lipinski definition) is 2. The number of hydrogen-bond acceptors (Lipinski definition) is 5. The van der Waals surface area contributed by atoms with Crippen LogP contribution in [0.3, 0.4) is 0 Å². The Morgan fingerprint density at radius 3 is 2.82 bits per heavy atom. The molecule has 1 aliphatic heterocycles. The molecule has 0 saturated heterocycles. The van der Waals surface area contributed by atoms with Crippen LogP contribution in [0, 0.1) is 0 Å². The van der Waals surface area contributed by atoms with Crippen LogP contribution in [0.4, 0.5) is 0 Å². The highest BCUT2D eigenvalue weighted by Gasteiger charge is 2.31. The highest BCUT2D eigenvalue weighted by molar-refractivity contribution is 5.96. The maximum atomic E-state index is 12.8. The number of aliphatic hydroxyl groups excluding tert-OH is 1. The number of rotatable bonds is 4. The van der Waals surface area contributed by atoms with E-state index >= 15 is 0 Å². The lowest BCUT2D eigenvalue weighted by molar-refractivity contribution is -0.138. The molecule has 3 aromatic rings. The fourth-order valence-corrected chi connectivity index (χ4v) is 3.69. The summed E-state index contributed by atoms with van der Waals surface area (Å²) in [7, 11) is 0. The van der Waals surface area contributed by atoms with Gasteiger partial charge in [0.05, 0.1) is 13.2 Å². The molecule has 0 saturated carbocycles. The van der Waals surface area contributed by atoms with E-state index in [9.17, 15) is 14.7 Å². The minimum Gasteiger partial charge on any atom is -0.394 e. The predicted octanol–water partition coefficient (Wildman–Crippen LogP) is 1.88. The average Bonchev–Trinajstić information content (AvgIpc) is 3.14. The van der Waals surface area contributed by atoms with Gasteiger partial charge in [-0.15, -0.1) is 0 Å². The van der Waals surface area contributed by atoms with Crippen molar-refractivity contribution in [1.82, 2.24) is 15.4 Å². The summed E-state index contributed by atoms with van der Waals surface area (Å²) in [6, 6.07) is 13.1. The molecule has 2 aromatic carbocycles. The lowest BCUT2D eigenvalue weighted by Gasteiger charge is -2.29. The molecule has 2 N–H and O–H groups in total. The second kappa shape index (κ2) is 7.44. The lowest BCUT2D eigenvalue weighted by Crippen LogP contribution is -2.51. The van der Waals surface area contributed by atoms with E-state index in [0.717, 1.165) is 33.4 Å². The van der Waals surface area contributed by atoms with Crippen molar-refractivity contribution in [2.24, 2.45) is 0 Å². The van der Waals surface area contributed by atoms with Crippen molar-refractivity contribution in [1.29, 1.82) is 0 Å². The highest BCUT2D eigenvalue weighted by atomic mass is 16.5. The number of nitrogens with one attached hydrogen (secondary N) is 1. The summed E-state index contributed by atoms with van der Waals surface area (Å²) in [4.78, 5) is 25.7. The highest BCUT2D eigenvalue weighted by Crippen LogP contribution is 2.34. The maximum Gasteiger partial charge on any atom is 0.247 e. The first-order valence-electron chi connectivity index (χ1n) is 9.20. The van der Waals surface area contributed by atoms with Crippen LogP contribution in [0.2, 0.25) is 0 Å². The monoisotopic (exact) mass is 379 g/mol. The van der Waals surface area contributed by atoms with Crippen LogP contribution in [-0.2, 0) is 22.6 Å². The molecule has 28 heavy (non-hydrogen) atoms. The molecule has 7 heteroatoms. The van der Waals surface area contributed by atoms with Crippen LogP contribution in [0.5, 0.6) is 0 Å². The molecule has 7 nitrogen and oxygen atoms in total. The molecule has 2 heterocycles. The smallest absolute Gasteiger partial charge is 0.247 e. The van der Waals surface area contributed by atoms with Gasteiger partial charge in [0, 0.05) is 31.0 Å².